The van der Waals surface area contributed by atoms with Gasteiger partial charge in [-0.2, -0.15) is 0 Å². The molecule has 0 saturated heterocycles. The Kier molecular flexibility index (Phi) is 6.68. The highest BCUT2D eigenvalue weighted by Crippen LogP contribution is 2.26. The van der Waals surface area contributed by atoms with E-state index in [0.717, 1.165) is 12.5 Å². The molecule has 1 atom stereocenters. The molecule has 6 heteroatoms. The quantitative estimate of drug-likeness (QED) is 0.710. The average molecular weight is 260 g/mol. The third-order valence-corrected chi connectivity index (χ3v) is 2.13. The number of rotatable bonds is 3. The van der Waals surface area contributed by atoms with E-state index in [4.69, 9.17) is 15.6 Å². The molecular weight excluding hydrogens is 236 g/mol. The molecule has 4 N–H and O–H groups in total. The first kappa shape index (κ1) is 16.7. The van der Waals surface area contributed by atoms with Crippen LogP contribution in [0.5, 0.6) is 0 Å². The van der Waals surface area contributed by atoms with E-state index in [1.165, 1.54) is 19.8 Å². The predicted octanol–water partition coefficient (Wildman–Crippen LogP) is 1.34. The number of carboxylic acids is 1. The number of aliphatic carboxylic acids is 1. The number of nitrogens with two attached hydrogens (primary N) is 1. The summed E-state index contributed by atoms with van der Waals surface area (Å²) in [5, 5.41) is 10.6. The molecule has 1 rings (SSSR count). The van der Waals surface area contributed by atoms with E-state index in [2.05, 4.69) is 5.32 Å². The van der Waals surface area contributed by atoms with Gasteiger partial charge < -0.3 is 20.9 Å². The smallest absolute Gasteiger partial charge is 0.408 e. The molecule has 0 aliphatic heterocycles. The molecule has 0 radical (unpaired) electrons. The van der Waals surface area contributed by atoms with Crippen molar-refractivity contribution in [2.45, 2.75) is 52.2 Å². The molecule has 0 spiro atoms. The molecule has 0 bridgehead atoms. The molecule has 18 heavy (non-hydrogen) atoms. The number of carboxylic acid groups (broad SMARTS) is 1. The highest BCUT2D eigenvalue weighted by molar-refractivity contribution is 5.79. The zero-order valence-electron chi connectivity index (χ0n) is 11.5. The van der Waals surface area contributed by atoms with Crippen molar-refractivity contribution in [1.82, 2.24) is 5.32 Å². The van der Waals surface area contributed by atoms with Gasteiger partial charge in [0, 0.05) is 0 Å². The van der Waals surface area contributed by atoms with Gasteiger partial charge in [0.25, 0.3) is 0 Å². The van der Waals surface area contributed by atoms with Crippen LogP contribution in [-0.2, 0) is 9.53 Å². The van der Waals surface area contributed by atoms with Crippen molar-refractivity contribution in [3.8, 4) is 0 Å². The third-order valence-electron chi connectivity index (χ3n) is 2.13. The monoisotopic (exact) mass is 260 g/mol. The maximum absolute atomic E-state index is 11.0. The van der Waals surface area contributed by atoms with Crippen molar-refractivity contribution in [3.63, 3.8) is 0 Å². The lowest BCUT2D eigenvalue weighted by atomic mass is 10.2. The molecule has 0 heterocycles. The second-order valence-electron chi connectivity index (χ2n) is 5.39. The fraction of sp³-hybridized carbons (Fsp3) is 0.833. The molecule has 1 aliphatic carbocycles. The van der Waals surface area contributed by atoms with Gasteiger partial charge in [0.05, 0.1) is 0 Å². The minimum Gasteiger partial charge on any atom is -0.480 e. The highest BCUT2D eigenvalue weighted by atomic mass is 16.6. The van der Waals surface area contributed by atoms with Crippen molar-refractivity contribution in [1.29, 1.82) is 0 Å². The fourth-order valence-electron chi connectivity index (χ4n) is 0.900. The Bertz CT molecular complexity index is 282. The van der Waals surface area contributed by atoms with Crippen LogP contribution >= 0.6 is 0 Å². The summed E-state index contributed by atoms with van der Waals surface area (Å²) in [5.41, 5.74) is 4.62. The van der Waals surface area contributed by atoms with Gasteiger partial charge in [0.15, 0.2) is 0 Å². The van der Waals surface area contributed by atoms with Crippen LogP contribution in [0.4, 0.5) is 4.79 Å². The number of hydrogen-bond donors (Lipinski definition) is 3. The zero-order chi connectivity index (χ0) is 14.3. The topological polar surface area (TPSA) is 102 Å². The maximum Gasteiger partial charge on any atom is 0.408 e. The van der Waals surface area contributed by atoms with Gasteiger partial charge in [-0.25, -0.2) is 4.79 Å². The summed E-state index contributed by atoms with van der Waals surface area (Å²) in [6.45, 7) is 7.40. The van der Waals surface area contributed by atoms with Crippen LogP contribution in [-0.4, -0.2) is 35.4 Å². The molecule has 1 saturated carbocycles. The fourth-order valence-corrected chi connectivity index (χ4v) is 0.900. The van der Waals surface area contributed by atoms with Crippen LogP contribution in [0, 0.1) is 5.92 Å². The van der Waals surface area contributed by atoms with Gasteiger partial charge in [-0.1, -0.05) is 0 Å². The van der Waals surface area contributed by atoms with E-state index in [9.17, 15) is 9.59 Å². The number of alkyl carbamates (subject to hydrolysis) is 1. The number of ether oxygens (including phenoxy) is 1. The first-order valence-electron chi connectivity index (χ1n) is 6.08. The second kappa shape index (κ2) is 7.20. The van der Waals surface area contributed by atoms with Gasteiger partial charge in [0.1, 0.15) is 11.6 Å². The Balaban J connectivity index is 0.000000473. The standard InChI is InChI=1S/C8H15NO4.C4H9N/c1-5(6(10)11)9-7(12)13-8(2,3)4;5-3-4-1-2-4/h5H,1-4H3,(H,9,12)(H,10,11);4H,1-3,5H2/t5-;/m1./s1. The van der Waals surface area contributed by atoms with Crippen molar-refractivity contribution >= 4 is 12.1 Å². The SMILES string of the molecule is C[C@@H](NC(=O)OC(C)(C)C)C(=O)O.NCC1CC1. The van der Waals surface area contributed by atoms with Crippen LogP contribution in [0.1, 0.15) is 40.5 Å². The first-order chi connectivity index (χ1) is 8.15. The largest absolute Gasteiger partial charge is 0.480 e. The van der Waals surface area contributed by atoms with Gasteiger partial charge in [-0.05, 0) is 53.0 Å². The van der Waals surface area contributed by atoms with E-state index >= 15 is 0 Å². The normalized spacial score (nSPS) is 16.1. The average Bonchev–Trinajstić information content (AvgIpc) is 2.97. The molecule has 0 aromatic heterocycles. The van der Waals surface area contributed by atoms with Crippen molar-refractivity contribution < 1.29 is 19.4 Å². The van der Waals surface area contributed by atoms with E-state index in [-0.39, 0.29) is 0 Å². The number of nitrogens with one attached hydrogen (secondary N) is 1. The van der Waals surface area contributed by atoms with E-state index < -0.39 is 23.7 Å². The first-order valence-corrected chi connectivity index (χ1v) is 6.08. The summed E-state index contributed by atoms with van der Waals surface area (Å²) < 4.78 is 4.85. The molecule has 6 nitrogen and oxygen atoms in total. The van der Waals surface area contributed by atoms with Crippen LogP contribution < -0.4 is 11.1 Å². The molecule has 0 aromatic rings. The Morgan fingerprint density at radius 1 is 1.44 bits per heavy atom. The predicted molar refractivity (Wildman–Crippen MR) is 68.2 cm³/mol. The van der Waals surface area contributed by atoms with E-state index in [1.807, 2.05) is 0 Å². The van der Waals surface area contributed by atoms with Crippen molar-refractivity contribution in [3.05, 3.63) is 0 Å². The third kappa shape index (κ3) is 9.89. The number of carbonyl (C=O) groups excluding carboxylic acids is 1. The Labute approximate surface area is 108 Å². The molecule has 1 amide bonds. The van der Waals surface area contributed by atoms with Crippen LogP contribution in [0.3, 0.4) is 0 Å². The Hall–Kier alpha value is -1.30. The van der Waals surface area contributed by atoms with Crippen LogP contribution in [0.25, 0.3) is 0 Å². The lowest BCUT2D eigenvalue weighted by molar-refractivity contribution is -0.139. The van der Waals surface area contributed by atoms with Gasteiger partial charge in [-0.3, -0.25) is 4.79 Å². The van der Waals surface area contributed by atoms with Gasteiger partial charge in [0.2, 0.25) is 0 Å². The number of hydrogen-bond acceptors (Lipinski definition) is 4. The summed E-state index contributed by atoms with van der Waals surface area (Å²) in [4.78, 5) is 21.3. The van der Waals surface area contributed by atoms with E-state index in [1.54, 1.807) is 20.8 Å². The Morgan fingerprint density at radius 2 is 1.94 bits per heavy atom. The van der Waals surface area contributed by atoms with Gasteiger partial charge in [-0.15, -0.1) is 0 Å². The van der Waals surface area contributed by atoms with Crippen molar-refractivity contribution in [2.24, 2.45) is 11.7 Å². The lowest BCUT2D eigenvalue weighted by Crippen LogP contribution is -2.41. The van der Waals surface area contributed by atoms with E-state index in [0.29, 0.717) is 0 Å². The number of carbonyl (C=O) groups is 2. The molecular formula is C12H24N2O4. The molecule has 1 aliphatic rings. The minimum absolute atomic E-state index is 0.609. The summed E-state index contributed by atoms with van der Waals surface area (Å²) in [6.07, 6.45) is 2.05. The highest BCUT2D eigenvalue weighted by Gasteiger charge is 2.20. The summed E-state index contributed by atoms with van der Waals surface area (Å²) in [7, 11) is 0. The van der Waals surface area contributed by atoms with Crippen molar-refractivity contribution in [2.75, 3.05) is 6.54 Å². The molecule has 0 aromatic carbocycles. The number of amides is 1. The van der Waals surface area contributed by atoms with Gasteiger partial charge >= 0.3 is 12.1 Å². The molecule has 1 fully saturated rings. The maximum atomic E-state index is 11.0. The zero-order valence-corrected chi connectivity index (χ0v) is 11.5. The van der Waals surface area contributed by atoms with Crippen LogP contribution in [0.15, 0.2) is 0 Å². The molecule has 106 valence electrons. The lowest BCUT2D eigenvalue weighted by Gasteiger charge is -2.20. The Morgan fingerprint density at radius 3 is 2.17 bits per heavy atom. The summed E-state index contributed by atoms with van der Waals surface area (Å²) in [6, 6.07) is -0.935. The molecule has 0 unspecified atom stereocenters. The second-order valence-corrected chi connectivity index (χ2v) is 5.39. The summed E-state index contributed by atoms with van der Waals surface area (Å²) in [5.74, 6) is -0.180. The van der Waals surface area contributed by atoms with Crippen LogP contribution in [0.2, 0.25) is 0 Å². The summed E-state index contributed by atoms with van der Waals surface area (Å²) >= 11 is 0. The minimum atomic E-state index is -1.09.